The Hall–Kier alpha value is -3.92. The summed E-state index contributed by atoms with van der Waals surface area (Å²) in [5.41, 5.74) is 4.17. The fraction of sp³-hybridized carbons (Fsp3) is 0.0526. The lowest BCUT2D eigenvalue weighted by Crippen LogP contribution is -2.16. The number of para-hydroxylation sites is 1. The third kappa shape index (κ3) is 3.44. The Labute approximate surface area is 149 Å². The Bertz CT molecular complexity index is 1070. The molecule has 0 bridgehead atoms. The summed E-state index contributed by atoms with van der Waals surface area (Å²) in [6.07, 6.45) is 1.42. The monoisotopic (exact) mass is 345 g/mol. The Morgan fingerprint density at radius 2 is 2.00 bits per heavy atom. The Kier molecular flexibility index (Phi) is 4.76. The molecule has 3 N–H and O–H groups in total. The van der Waals surface area contributed by atoms with E-state index < -0.39 is 5.56 Å². The molecule has 1 heterocycles. The van der Waals surface area contributed by atoms with Gasteiger partial charge in [0.25, 0.3) is 5.56 Å². The third-order valence-electron chi connectivity index (χ3n) is 3.72. The van der Waals surface area contributed by atoms with Gasteiger partial charge >= 0.3 is 0 Å². The first-order chi connectivity index (χ1) is 12.6. The summed E-state index contributed by atoms with van der Waals surface area (Å²) < 4.78 is 0. The molecule has 2 aromatic carbocycles. The zero-order valence-electron chi connectivity index (χ0n) is 13.9. The summed E-state index contributed by atoms with van der Waals surface area (Å²) in [7, 11) is 0. The van der Waals surface area contributed by atoms with Crippen LogP contribution in [-0.2, 0) is 0 Å². The normalized spacial score (nSPS) is 10.6. The van der Waals surface area contributed by atoms with Crippen molar-refractivity contribution in [1.29, 1.82) is 5.26 Å². The summed E-state index contributed by atoms with van der Waals surface area (Å²) in [4.78, 5) is 18.9. The van der Waals surface area contributed by atoms with Crippen LogP contribution in [0.2, 0.25) is 0 Å². The molecule has 0 aliphatic carbocycles. The van der Waals surface area contributed by atoms with Crippen molar-refractivity contribution in [3.8, 4) is 23.1 Å². The van der Waals surface area contributed by atoms with Crippen LogP contribution in [0.5, 0.6) is 5.75 Å². The quantitative estimate of drug-likeness (QED) is 0.497. The fourth-order valence-corrected chi connectivity index (χ4v) is 2.38. The fourth-order valence-electron chi connectivity index (χ4n) is 2.38. The molecule has 26 heavy (non-hydrogen) atoms. The van der Waals surface area contributed by atoms with Crippen molar-refractivity contribution in [2.75, 3.05) is 5.43 Å². The van der Waals surface area contributed by atoms with Crippen LogP contribution in [0.3, 0.4) is 0 Å². The number of phenolic OH excluding ortho intramolecular Hbond substituents is 1. The Morgan fingerprint density at radius 3 is 2.73 bits per heavy atom. The number of rotatable bonds is 4. The molecule has 3 aromatic rings. The molecular weight excluding hydrogens is 330 g/mol. The number of benzene rings is 2. The van der Waals surface area contributed by atoms with Gasteiger partial charge in [-0.25, -0.2) is 10.4 Å². The predicted octanol–water partition coefficient (Wildman–Crippen LogP) is 2.77. The number of anilines is 1. The molecule has 0 atom stereocenters. The molecule has 0 aliphatic rings. The van der Waals surface area contributed by atoms with Gasteiger partial charge in [-0.05, 0) is 18.6 Å². The van der Waals surface area contributed by atoms with E-state index in [2.05, 4.69) is 20.5 Å². The first kappa shape index (κ1) is 16.9. The van der Waals surface area contributed by atoms with Gasteiger partial charge in [0, 0.05) is 11.1 Å². The highest BCUT2D eigenvalue weighted by molar-refractivity contribution is 5.84. The van der Waals surface area contributed by atoms with Crippen LogP contribution in [-0.4, -0.2) is 21.3 Å². The molecule has 0 unspecified atom stereocenters. The van der Waals surface area contributed by atoms with E-state index in [9.17, 15) is 15.2 Å². The van der Waals surface area contributed by atoms with Crippen molar-refractivity contribution in [3.05, 3.63) is 75.6 Å². The second-order valence-corrected chi connectivity index (χ2v) is 5.50. The van der Waals surface area contributed by atoms with Crippen LogP contribution < -0.4 is 11.0 Å². The molecule has 1 aromatic heterocycles. The van der Waals surface area contributed by atoms with Gasteiger partial charge in [0.05, 0.1) is 11.9 Å². The van der Waals surface area contributed by atoms with E-state index >= 15 is 0 Å². The molecular formula is C19H15N5O2. The van der Waals surface area contributed by atoms with Gasteiger partial charge in [-0.3, -0.25) is 9.78 Å². The first-order valence-corrected chi connectivity index (χ1v) is 7.77. The maximum Gasteiger partial charge on any atom is 0.270 e. The molecule has 0 radical (unpaired) electrons. The summed E-state index contributed by atoms with van der Waals surface area (Å²) in [6.45, 7) is 1.78. The minimum atomic E-state index is -0.558. The van der Waals surface area contributed by atoms with Gasteiger partial charge in [-0.15, -0.1) is 0 Å². The maximum absolute atomic E-state index is 12.1. The van der Waals surface area contributed by atoms with Crippen molar-refractivity contribution in [1.82, 2.24) is 9.97 Å². The first-order valence-electron chi connectivity index (χ1n) is 7.77. The van der Waals surface area contributed by atoms with E-state index in [1.807, 2.05) is 12.1 Å². The number of hydrazone groups is 1. The van der Waals surface area contributed by atoms with Crippen LogP contribution in [0.15, 0.2) is 58.4 Å². The molecule has 0 spiro atoms. The second kappa shape index (κ2) is 7.32. The van der Waals surface area contributed by atoms with Crippen molar-refractivity contribution >= 4 is 12.2 Å². The minimum Gasteiger partial charge on any atom is -0.507 e. The number of hydrogen-bond acceptors (Lipinski definition) is 6. The lowest BCUT2D eigenvalue weighted by atomic mass is 10.1. The molecule has 0 amide bonds. The summed E-state index contributed by atoms with van der Waals surface area (Å²) in [5, 5.41) is 23.2. The summed E-state index contributed by atoms with van der Waals surface area (Å²) >= 11 is 0. The maximum atomic E-state index is 12.1. The van der Waals surface area contributed by atoms with Gasteiger partial charge in [-0.1, -0.05) is 42.5 Å². The largest absolute Gasteiger partial charge is 0.507 e. The molecule has 0 fully saturated rings. The zero-order valence-corrected chi connectivity index (χ0v) is 13.9. The SMILES string of the molecule is Cc1cccc(C=NNc2nc(-c3ccccc3)c(C#N)c(=O)[nH]2)c1O. The summed E-state index contributed by atoms with van der Waals surface area (Å²) in [5.74, 6) is 0.223. The van der Waals surface area contributed by atoms with Crippen LogP contribution in [0, 0.1) is 18.3 Å². The standard InChI is InChI=1S/C19H15N5O2/c1-12-6-5-9-14(17(12)25)11-21-24-19-22-16(13-7-3-2-4-8-13)15(10-20)18(26)23-19/h2-9,11,25H,1H3,(H2,22,23,24,26). The van der Waals surface area contributed by atoms with E-state index in [-0.39, 0.29) is 23.0 Å². The minimum absolute atomic E-state index is 0.0675. The number of nitrogens with zero attached hydrogens (tertiary/aromatic N) is 3. The van der Waals surface area contributed by atoms with Crippen LogP contribution in [0.1, 0.15) is 16.7 Å². The number of aromatic amines is 1. The number of phenols is 1. The molecule has 0 aliphatic heterocycles. The highest BCUT2D eigenvalue weighted by Crippen LogP contribution is 2.20. The third-order valence-corrected chi connectivity index (χ3v) is 3.72. The van der Waals surface area contributed by atoms with Crippen LogP contribution in [0.25, 0.3) is 11.3 Å². The van der Waals surface area contributed by atoms with Crippen molar-refractivity contribution in [3.63, 3.8) is 0 Å². The number of aromatic nitrogens is 2. The number of aryl methyl sites for hydroxylation is 1. The molecule has 7 heteroatoms. The van der Waals surface area contributed by atoms with E-state index in [1.54, 1.807) is 49.4 Å². The smallest absolute Gasteiger partial charge is 0.270 e. The van der Waals surface area contributed by atoms with Gasteiger partial charge in [0.1, 0.15) is 17.4 Å². The van der Waals surface area contributed by atoms with Crippen molar-refractivity contribution in [2.24, 2.45) is 5.10 Å². The molecule has 128 valence electrons. The number of H-pyrrole nitrogens is 1. The topological polar surface area (TPSA) is 114 Å². The molecule has 0 saturated carbocycles. The highest BCUT2D eigenvalue weighted by Gasteiger charge is 2.12. The Morgan fingerprint density at radius 1 is 1.23 bits per heavy atom. The average Bonchev–Trinajstić information content (AvgIpc) is 2.65. The number of hydrogen-bond donors (Lipinski definition) is 3. The van der Waals surface area contributed by atoms with E-state index in [1.165, 1.54) is 6.21 Å². The number of nitriles is 1. The van der Waals surface area contributed by atoms with Crippen molar-refractivity contribution < 1.29 is 5.11 Å². The van der Waals surface area contributed by atoms with Gasteiger partial charge in [0.15, 0.2) is 0 Å². The van der Waals surface area contributed by atoms with E-state index in [4.69, 9.17) is 0 Å². The van der Waals surface area contributed by atoms with Gasteiger partial charge in [-0.2, -0.15) is 10.4 Å². The van der Waals surface area contributed by atoms with Gasteiger partial charge < -0.3 is 5.11 Å². The molecule has 3 rings (SSSR count). The highest BCUT2D eigenvalue weighted by atomic mass is 16.3. The van der Waals surface area contributed by atoms with Crippen LogP contribution >= 0.6 is 0 Å². The molecule has 7 nitrogen and oxygen atoms in total. The van der Waals surface area contributed by atoms with Gasteiger partial charge in [0.2, 0.25) is 5.95 Å². The van der Waals surface area contributed by atoms with E-state index in [0.29, 0.717) is 11.1 Å². The predicted molar refractivity (Wildman–Crippen MR) is 99.1 cm³/mol. The van der Waals surface area contributed by atoms with Crippen molar-refractivity contribution in [2.45, 2.75) is 6.92 Å². The lowest BCUT2D eigenvalue weighted by molar-refractivity contribution is 0.470. The average molecular weight is 345 g/mol. The molecule has 0 saturated heterocycles. The van der Waals surface area contributed by atoms with E-state index in [0.717, 1.165) is 5.56 Å². The number of nitrogens with one attached hydrogen (secondary N) is 2. The summed E-state index contributed by atoms with van der Waals surface area (Å²) in [6, 6.07) is 16.1. The lowest BCUT2D eigenvalue weighted by Gasteiger charge is -2.06. The zero-order chi connectivity index (χ0) is 18.5. The van der Waals surface area contributed by atoms with Crippen LogP contribution in [0.4, 0.5) is 5.95 Å². The number of aromatic hydroxyl groups is 1. The Balaban J connectivity index is 1.93. The second-order valence-electron chi connectivity index (χ2n) is 5.50.